The molecule has 0 aromatic rings. The first-order chi connectivity index (χ1) is 19.9. The van der Waals surface area contributed by atoms with Crippen LogP contribution in [0.15, 0.2) is 0 Å². The molecule has 0 aliphatic heterocycles. The van der Waals surface area contributed by atoms with Crippen molar-refractivity contribution in [3.8, 4) is 0 Å². The number of halogens is 1. The predicted molar refractivity (Wildman–Crippen MR) is 160 cm³/mol. The zero-order chi connectivity index (χ0) is 28.9. The molecule has 0 N–H and O–H groups in total. The molecule has 0 heterocycles. The maximum absolute atomic E-state index is 5.65. The van der Waals surface area contributed by atoms with Gasteiger partial charge in [-0.25, -0.2) is 0 Å². The van der Waals surface area contributed by atoms with Crippen molar-refractivity contribution < 1.29 is 42.6 Å². The number of unbranched alkanes of at least 4 members (excludes halogenated alkanes) is 8. The van der Waals surface area contributed by atoms with Crippen LogP contribution < -0.4 is 0 Å². The third kappa shape index (κ3) is 37.9. The molecule has 0 rings (SSSR count). The summed E-state index contributed by atoms with van der Waals surface area (Å²) in [6, 6.07) is 0. The molecule has 0 atom stereocenters. The first-order valence-electron chi connectivity index (χ1n) is 15.7. The molecule has 0 unspecified atom stereocenters. The number of alkyl halides is 1. The molecule has 0 amide bonds. The van der Waals surface area contributed by atoms with Gasteiger partial charge in [0.2, 0.25) is 0 Å². The van der Waals surface area contributed by atoms with E-state index in [1.807, 2.05) is 0 Å². The van der Waals surface area contributed by atoms with Gasteiger partial charge in [0.1, 0.15) is 0 Å². The predicted octanol–water partition coefficient (Wildman–Crippen LogP) is 5.30. The lowest BCUT2D eigenvalue weighted by Crippen LogP contribution is -2.15. The normalized spacial score (nSPS) is 11.6. The molecule has 0 aromatic carbocycles. The summed E-state index contributed by atoms with van der Waals surface area (Å²) in [7, 11) is 0. The standard InChI is InChI=1S/C30H61ClO9/c1-2-3-4-5-7-10-13-32-15-17-34-19-21-36-23-25-38-27-29-40-30-28-39-26-24-37-22-20-35-18-16-33-14-11-8-6-9-12-31/h2-30H2,1H3. The van der Waals surface area contributed by atoms with Crippen LogP contribution in [0.1, 0.15) is 71.1 Å². The van der Waals surface area contributed by atoms with Crippen LogP contribution in [0.4, 0.5) is 0 Å². The fourth-order valence-corrected chi connectivity index (χ4v) is 3.69. The number of hydrogen-bond donors (Lipinski definition) is 0. The molecular weight excluding hydrogens is 540 g/mol. The quantitative estimate of drug-likeness (QED) is 0.0697. The van der Waals surface area contributed by atoms with Crippen molar-refractivity contribution in [2.75, 3.05) is 125 Å². The van der Waals surface area contributed by atoms with Crippen LogP contribution in [0, 0.1) is 0 Å². The van der Waals surface area contributed by atoms with Crippen molar-refractivity contribution in [1.29, 1.82) is 0 Å². The first-order valence-corrected chi connectivity index (χ1v) is 16.2. The molecule has 0 aliphatic carbocycles. The van der Waals surface area contributed by atoms with Crippen molar-refractivity contribution >= 4 is 11.6 Å². The highest BCUT2D eigenvalue weighted by Gasteiger charge is 1.96. The minimum Gasteiger partial charge on any atom is -0.379 e. The highest BCUT2D eigenvalue weighted by molar-refractivity contribution is 6.17. The molecule has 0 saturated carbocycles. The number of hydrogen-bond acceptors (Lipinski definition) is 9. The third-order valence-corrected chi connectivity index (χ3v) is 6.06. The van der Waals surface area contributed by atoms with Crippen LogP contribution in [0.5, 0.6) is 0 Å². The highest BCUT2D eigenvalue weighted by Crippen LogP contribution is 2.04. The molecule has 40 heavy (non-hydrogen) atoms. The van der Waals surface area contributed by atoms with Crippen LogP contribution in [-0.2, 0) is 42.6 Å². The van der Waals surface area contributed by atoms with Gasteiger partial charge in [0.15, 0.2) is 0 Å². The fraction of sp³-hybridized carbons (Fsp3) is 1.00. The smallest absolute Gasteiger partial charge is 0.0701 e. The zero-order valence-corrected chi connectivity index (χ0v) is 26.3. The zero-order valence-electron chi connectivity index (χ0n) is 25.6. The van der Waals surface area contributed by atoms with Gasteiger partial charge in [-0.2, -0.15) is 0 Å². The van der Waals surface area contributed by atoms with Crippen LogP contribution in [0.3, 0.4) is 0 Å². The van der Waals surface area contributed by atoms with E-state index in [4.69, 9.17) is 54.2 Å². The Bertz CT molecular complexity index is 398. The second-order valence-electron chi connectivity index (χ2n) is 9.38. The van der Waals surface area contributed by atoms with Gasteiger partial charge in [0.05, 0.1) is 106 Å². The summed E-state index contributed by atoms with van der Waals surface area (Å²) in [6.45, 7) is 13.0. The Morgan fingerprint density at radius 1 is 0.275 bits per heavy atom. The molecule has 0 saturated heterocycles. The Morgan fingerprint density at radius 2 is 0.500 bits per heavy atom. The Morgan fingerprint density at radius 3 is 0.775 bits per heavy atom. The summed E-state index contributed by atoms with van der Waals surface area (Å²) in [4.78, 5) is 0. The van der Waals surface area contributed by atoms with E-state index >= 15 is 0 Å². The molecule has 242 valence electrons. The summed E-state index contributed by atoms with van der Waals surface area (Å²) in [5.74, 6) is 0.749. The van der Waals surface area contributed by atoms with Crippen LogP contribution in [-0.4, -0.2) is 125 Å². The SMILES string of the molecule is CCCCCCCCOCCOCCOCCOCCOCCOCCOCCOCCOCCCCCCCl. The molecule has 0 radical (unpaired) electrons. The van der Waals surface area contributed by atoms with E-state index < -0.39 is 0 Å². The van der Waals surface area contributed by atoms with Crippen molar-refractivity contribution in [3.05, 3.63) is 0 Å². The second kappa shape index (κ2) is 38.9. The summed E-state index contributed by atoms with van der Waals surface area (Å²) < 4.78 is 49.5. The van der Waals surface area contributed by atoms with Gasteiger partial charge in [-0.05, 0) is 19.3 Å². The van der Waals surface area contributed by atoms with E-state index in [0.29, 0.717) is 106 Å². The average Bonchev–Trinajstić information content (AvgIpc) is 2.97. The van der Waals surface area contributed by atoms with Gasteiger partial charge in [0, 0.05) is 19.1 Å². The maximum Gasteiger partial charge on any atom is 0.0701 e. The van der Waals surface area contributed by atoms with Gasteiger partial charge < -0.3 is 42.6 Å². The minimum absolute atomic E-state index is 0.537. The van der Waals surface area contributed by atoms with Crippen molar-refractivity contribution in [1.82, 2.24) is 0 Å². The summed E-state index contributed by atoms with van der Waals surface area (Å²) in [5, 5.41) is 0. The maximum atomic E-state index is 5.65. The largest absolute Gasteiger partial charge is 0.379 e. The molecular formula is C30H61ClO9. The molecule has 10 heteroatoms. The molecule has 9 nitrogen and oxygen atoms in total. The van der Waals surface area contributed by atoms with E-state index in [1.165, 1.54) is 44.9 Å². The lowest BCUT2D eigenvalue weighted by molar-refractivity contribution is -0.0250. The van der Waals surface area contributed by atoms with Crippen LogP contribution in [0.25, 0.3) is 0 Å². The van der Waals surface area contributed by atoms with Gasteiger partial charge in [-0.15, -0.1) is 11.6 Å². The molecule has 0 bridgehead atoms. The van der Waals surface area contributed by atoms with Gasteiger partial charge >= 0.3 is 0 Å². The third-order valence-electron chi connectivity index (χ3n) is 5.79. The Labute approximate surface area is 250 Å². The number of rotatable bonds is 37. The molecule has 0 spiro atoms. The lowest BCUT2D eigenvalue weighted by Gasteiger charge is -2.09. The summed E-state index contributed by atoms with van der Waals surface area (Å²) in [5.41, 5.74) is 0. The highest BCUT2D eigenvalue weighted by atomic mass is 35.5. The monoisotopic (exact) mass is 600 g/mol. The van der Waals surface area contributed by atoms with E-state index in [9.17, 15) is 0 Å². The van der Waals surface area contributed by atoms with E-state index in [1.54, 1.807) is 0 Å². The summed E-state index contributed by atoms with van der Waals surface area (Å²) in [6.07, 6.45) is 12.2. The lowest BCUT2D eigenvalue weighted by atomic mass is 10.1. The van der Waals surface area contributed by atoms with E-state index in [2.05, 4.69) is 6.92 Å². The fourth-order valence-electron chi connectivity index (χ4n) is 3.50. The molecule has 0 aliphatic rings. The second-order valence-corrected chi connectivity index (χ2v) is 9.76. The Kier molecular flexibility index (Phi) is 38.9. The van der Waals surface area contributed by atoms with E-state index in [0.717, 1.165) is 38.4 Å². The van der Waals surface area contributed by atoms with Crippen molar-refractivity contribution in [2.24, 2.45) is 0 Å². The topological polar surface area (TPSA) is 83.1 Å². The van der Waals surface area contributed by atoms with Gasteiger partial charge in [0.25, 0.3) is 0 Å². The molecule has 0 aromatic heterocycles. The minimum atomic E-state index is 0.537. The van der Waals surface area contributed by atoms with Crippen molar-refractivity contribution in [3.63, 3.8) is 0 Å². The average molecular weight is 601 g/mol. The summed E-state index contributed by atoms with van der Waals surface area (Å²) >= 11 is 5.65. The Balaban J connectivity index is 3.01. The van der Waals surface area contributed by atoms with Crippen LogP contribution in [0.2, 0.25) is 0 Å². The van der Waals surface area contributed by atoms with E-state index in [-0.39, 0.29) is 0 Å². The number of ether oxygens (including phenoxy) is 9. The van der Waals surface area contributed by atoms with Crippen molar-refractivity contribution in [2.45, 2.75) is 71.1 Å². The molecule has 0 fully saturated rings. The van der Waals surface area contributed by atoms with Gasteiger partial charge in [-0.1, -0.05) is 51.9 Å². The van der Waals surface area contributed by atoms with Crippen LogP contribution >= 0.6 is 11.6 Å². The Hall–Kier alpha value is -0.0700. The van der Waals surface area contributed by atoms with Gasteiger partial charge in [-0.3, -0.25) is 0 Å². The first kappa shape index (κ1) is 39.9.